The van der Waals surface area contributed by atoms with Crippen molar-refractivity contribution in [1.29, 1.82) is 0 Å². The van der Waals surface area contributed by atoms with Crippen LogP contribution in [0.1, 0.15) is 20.1 Å². The lowest BCUT2D eigenvalue weighted by molar-refractivity contribution is -0.133. The summed E-state index contributed by atoms with van der Waals surface area (Å²) in [6.45, 7) is 1.04. The second-order valence-corrected chi connectivity index (χ2v) is 7.39. The van der Waals surface area contributed by atoms with Crippen molar-refractivity contribution in [3.63, 3.8) is 0 Å². The molecule has 2 N–H and O–H groups in total. The Hall–Kier alpha value is -2.87. The van der Waals surface area contributed by atoms with Gasteiger partial charge in [0.2, 0.25) is 5.91 Å². The second-order valence-electron chi connectivity index (χ2n) is 6.25. The van der Waals surface area contributed by atoms with Crippen LogP contribution in [0.5, 0.6) is 0 Å². The van der Waals surface area contributed by atoms with Crippen LogP contribution in [0.15, 0.2) is 35.1 Å². The van der Waals surface area contributed by atoms with Gasteiger partial charge in [0.1, 0.15) is 6.54 Å². The van der Waals surface area contributed by atoms with Crippen molar-refractivity contribution in [2.45, 2.75) is 19.5 Å². The Labute approximate surface area is 153 Å². The summed E-state index contributed by atoms with van der Waals surface area (Å²) in [5.41, 5.74) is 1.54. The molecule has 26 heavy (non-hydrogen) atoms. The van der Waals surface area contributed by atoms with E-state index in [1.54, 1.807) is 24.1 Å². The van der Waals surface area contributed by atoms with E-state index in [1.807, 2.05) is 18.2 Å². The lowest BCUT2D eigenvalue weighted by Crippen LogP contribution is -2.39. The zero-order valence-electron chi connectivity index (χ0n) is 14.2. The fraction of sp³-hybridized carbons (Fsp3) is 0.278. The monoisotopic (exact) mass is 370 g/mol. The topological polar surface area (TPSA) is 87.2 Å². The highest BCUT2D eigenvalue weighted by molar-refractivity contribution is 7.14. The van der Waals surface area contributed by atoms with Gasteiger partial charge >= 0.3 is 0 Å². The van der Waals surface area contributed by atoms with Crippen molar-refractivity contribution in [2.75, 3.05) is 13.6 Å². The van der Waals surface area contributed by atoms with Crippen LogP contribution >= 0.6 is 11.3 Å². The molecule has 8 heteroatoms. The Kier molecular flexibility index (Phi) is 4.12. The number of hydrogen-bond donors (Lipinski definition) is 2. The van der Waals surface area contributed by atoms with Gasteiger partial charge in [0.05, 0.1) is 15.8 Å². The van der Waals surface area contributed by atoms with E-state index < -0.39 is 0 Å². The predicted molar refractivity (Wildman–Crippen MR) is 99.4 cm³/mol. The molecular formula is C18H18N4O3S. The lowest BCUT2D eigenvalue weighted by Gasteiger charge is -2.26. The molecule has 0 radical (unpaired) electrons. The van der Waals surface area contributed by atoms with Gasteiger partial charge < -0.3 is 10.2 Å². The molecule has 0 bridgehead atoms. The molecular weight excluding hydrogens is 352 g/mol. The van der Waals surface area contributed by atoms with Crippen molar-refractivity contribution in [3.05, 3.63) is 56.0 Å². The first-order valence-electron chi connectivity index (χ1n) is 8.36. The molecule has 1 aromatic carbocycles. The van der Waals surface area contributed by atoms with Crippen molar-refractivity contribution in [2.24, 2.45) is 0 Å². The minimum atomic E-state index is -0.191. The number of thiophene rings is 1. The lowest BCUT2D eigenvalue weighted by atomic mass is 10.1. The quantitative estimate of drug-likeness (QED) is 0.729. The number of aromatic amines is 1. The van der Waals surface area contributed by atoms with E-state index in [2.05, 4.69) is 10.4 Å². The number of nitrogens with zero attached hydrogens (tertiary/aromatic N) is 2. The number of hydrogen-bond acceptors (Lipinski definition) is 4. The minimum absolute atomic E-state index is 0.0186. The molecule has 1 aliphatic rings. The first kappa shape index (κ1) is 16.6. The van der Waals surface area contributed by atoms with Crippen LogP contribution in [0.4, 0.5) is 0 Å². The van der Waals surface area contributed by atoms with Crippen molar-refractivity contribution in [1.82, 2.24) is 20.0 Å². The summed E-state index contributed by atoms with van der Waals surface area (Å²) in [5.74, 6) is -0.219. The number of para-hydroxylation sites is 1. The molecule has 0 aliphatic carbocycles. The number of amides is 2. The van der Waals surface area contributed by atoms with E-state index in [0.29, 0.717) is 23.4 Å². The van der Waals surface area contributed by atoms with Gasteiger partial charge in [-0.2, -0.15) is 0 Å². The van der Waals surface area contributed by atoms with E-state index >= 15 is 0 Å². The summed E-state index contributed by atoms with van der Waals surface area (Å²) in [4.78, 5) is 40.4. The average Bonchev–Trinajstić information content (AvgIpc) is 3.22. The van der Waals surface area contributed by atoms with Crippen LogP contribution in [0.3, 0.4) is 0 Å². The molecule has 3 heterocycles. The number of fused-ring (bicyclic) bond motifs is 2. The Balaban J connectivity index is 1.52. The summed E-state index contributed by atoms with van der Waals surface area (Å²) in [6.07, 6.45) is 0.727. The smallest absolute Gasteiger partial charge is 0.274 e. The number of benzene rings is 1. The summed E-state index contributed by atoms with van der Waals surface area (Å²) in [6, 6.07) is 9.06. The molecule has 4 rings (SSSR count). The summed E-state index contributed by atoms with van der Waals surface area (Å²) >= 11 is 1.48. The molecule has 134 valence electrons. The maximum absolute atomic E-state index is 12.7. The minimum Gasteiger partial charge on any atom is -0.354 e. The molecule has 0 spiro atoms. The number of nitrogens with one attached hydrogen (secondary N) is 2. The molecule has 0 saturated carbocycles. The highest BCUT2D eigenvalue weighted by Crippen LogP contribution is 2.28. The van der Waals surface area contributed by atoms with Crippen molar-refractivity contribution >= 4 is 34.1 Å². The Bertz CT molecular complexity index is 1060. The zero-order valence-corrected chi connectivity index (χ0v) is 15.1. The third-order valence-corrected chi connectivity index (χ3v) is 5.86. The van der Waals surface area contributed by atoms with Crippen LogP contribution in [-0.4, -0.2) is 40.1 Å². The van der Waals surface area contributed by atoms with Crippen molar-refractivity contribution < 1.29 is 9.59 Å². The van der Waals surface area contributed by atoms with Crippen LogP contribution in [0.2, 0.25) is 0 Å². The third kappa shape index (κ3) is 2.82. The van der Waals surface area contributed by atoms with E-state index in [-0.39, 0.29) is 23.9 Å². The van der Waals surface area contributed by atoms with Crippen LogP contribution in [0, 0.1) is 0 Å². The van der Waals surface area contributed by atoms with Gasteiger partial charge in [-0.1, -0.05) is 12.1 Å². The number of aromatic nitrogens is 2. The van der Waals surface area contributed by atoms with Crippen LogP contribution in [0.25, 0.3) is 10.9 Å². The van der Waals surface area contributed by atoms with Gasteiger partial charge in [0.25, 0.3) is 11.5 Å². The molecule has 2 amide bonds. The third-order valence-electron chi connectivity index (χ3n) is 4.62. The molecule has 2 aromatic heterocycles. The summed E-state index contributed by atoms with van der Waals surface area (Å²) in [5, 5.41) is 6.19. The van der Waals surface area contributed by atoms with Crippen LogP contribution < -0.4 is 10.9 Å². The first-order chi connectivity index (χ1) is 12.6. The van der Waals surface area contributed by atoms with Gasteiger partial charge in [-0.25, -0.2) is 4.68 Å². The van der Waals surface area contributed by atoms with Gasteiger partial charge in [-0.15, -0.1) is 11.3 Å². The SMILES string of the molecule is CNC(=O)c1cc2c(s1)CCN(C(=O)Cn1[nH]c3ccccc3c1=O)C2. The van der Waals surface area contributed by atoms with Gasteiger partial charge in [-0.3, -0.25) is 19.5 Å². The Morgan fingerprint density at radius 2 is 2.12 bits per heavy atom. The number of carbonyl (C=O) groups is 2. The molecule has 3 aromatic rings. The van der Waals surface area contributed by atoms with Crippen LogP contribution in [-0.2, 0) is 24.3 Å². The fourth-order valence-corrected chi connectivity index (χ4v) is 4.35. The number of rotatable bonds is 3. The predicted octanol–water partition coefficient (Wildman–Crippen LogP) is 1.34. The second kappa shape index (κ2) is 6.45. The Morgan fingerprint density at radius 3 is 2.88 bits per heavy atom. The molecule has 0 fully saturated rings. The van der Waals surface area contributed by atoms with Gasteiger partial charge in [0.15, 0.2) is 0 Å². The maximum Gasteiger partial charge on any atom is 0.274 e. The maximum atomic E-state index is 12.7. The molecule has 7 nitrogen and oxygen atoms in total. The fourth-order valence-electron chi connectivity index (χ4n) is 3.24. The molecule has 0 atom stereocenters. The summed E-state index contributed by atoms with van der Waals surface area (Å²) in [7, 11) is 1.61. The number of carbonyl (C=O) groups excluding carboxylic acids is 2. The molecule has 1 aliphatic heterocycles. The standard InChI is InChI=1S/C18H18N4O3S/c1-19-17(24)15-8-11-9-21(7-6-14(11)26-15)16(23)10-22-18(25)12-4-2-3-5-13(12)20-22/h2-5,8,20H,6-7,9-10H2,1H3,(H,19,24). The van der Waals surface area contributed by atoms with E-state index in [9.17, 15) is 14.4 Å². The van der Waals surface area contributed by atoms with E-state index in [1.165, 1.54) is 16.0 Å². The molecule has 0 saturated heterocycles. The van der Waals surface area contributed by atoms with Gasteiger partial charge in [-0.05, 0) is 30.2 Å². The highest BCUT2D eigenvalue weighted by atomic mass is 32.1. The zero-order chi connectivity index (χ0) is 18.3. The van der Waals surface area contributed by atoms with E-state index in [0.717, 1.165) is 22.4 Å². The Morgan fingerprint density at radius 1 is 1.31 bits per heavy atom. The van der Waals surface area contributed by atoms with E-state index in [4.69, 9.17) is 0 Å². The largest absolute Gasteiger partial charge is 0.354 e. The first-order valence-corrected chi connectivity index (χ1v) is 9.17. The van der Waals surface area contributed by atoms with Gasteiger partial charge in [0, 0.05) is 25.0 Å². The highest BCUT2D eigenvalue weighted by Gasteiger charge is 2.24. The summed E-state index contributed by atoms with van der Waals surface area (Å²) < 4.78 is 1.35. The number of H-pyrrole nitrogens is 1. The average molecular weight is 370 g/mol. The molecule has 0 unspecified atom stereocenters. The normalized spacial score (nSPS) is 13.7. The van der Waals surface area contributed by atoms with Crippen molar-refractivity contribution in [3.8, 4) is 0 Å².